The van der Waals surface area contributed by atoms with Crippen molar-refractivity contribution in [3.05, 3.63) is 22.1 Å². The van der Waals surface area contributed by atoms with E-state index in [0.717, 1.165) is 0 Å². The van der Waals surface area contributed by atoms with Crippen molar-refractivity contribution in [2.45, 2.75) is 31.8 Å². The maximum Gasteiger partial charge on any atom is 0.348 e. The van der Waals surface area contributed by atoms with Gasteiger partial charge in [-0.05, 0) is 20.8 Å². The van der Waals surface area contributed by atoms with Crippen LogP contribution in [0.15, 0.2) is 11.0 Å². The van der Waals surface area contributed by atoms with E-state index in [-0.39, 0.29) is 24.5 Å². The monoisotopic (exact) mass is 324 g/mol. The van der Waals surface area contributed by atoms with Crippen LogP contribution in [0.3, 0.4) is 0 Å². The van der Waals surface area contributed by atoms with E-state index in [1.165, 1.54) is 25.1 Å². The van der Waals surface area contributed by atoms with E-state index in [1.54, 1.807) is 13.8 Å². The van der Waals surface area contributed by atoms with Gasteiger partial charge in [0.1, 0.15) is 5.41 Å². The van der Waals surface area contributed by atoms with Crippen molar-refractivity contribution in [3.8, 4) is 0 Å². The maximum atomic E-state index is 12.6. The number of ether oxygens (including phenoxy) is 2. The number of aromatic nitrogens is 2. The topological polar surface area (TPSA) is 128 Å². The lowest BCUT2D eigenvalue weighted by atomic mass is 9.74. The zero-order chi connectivity index (χ0) is 17.4. The molecule has 1 aliphatic heterocycles. The number of H-pyrrole nitrogens is 1. The van der Waals surface area contributed by atoms with Gasteiger partial charge in [0.25, 0.3) is 5.56 Å². The van der Waals surface area contributed by atoms with Gasteiger partial charge in [-0.1, -0.05) is 0 Å². The molecule has 126 valence electrons. The van der Waals surface area contributed by atoms with Crippen molar-refractivity contribution in [1.29, 1.82) is 0 Å². The van der Waals surface area contributed by atoms with E-state index in [2.05, 4.69) is 10.2 Å². The number of nitrogens with two attached hydrogens (primary N) is 1. The van der Waals surface area contributed by atoms with E-state index in [0.29, 0.717) is 0 Å². The highest BCUT2D eigenvalue weighted by Crippen LogP contribution is 2.47. The number of aromatic amines is 1. The van der Waals surface area contributed by atoms with Crippen molar-refractivity contribution in [3.63, 3.8) is 0 Å². The van der Waals surface area contributed by atoms with Gasteiger partial charge in [-0.2, -0.15) is 5.10 Å². The van der Waals surface area contributed by atoms with Crippen molar-refractivity contribution in [2.24, 2.45) is 5.73 Å². The van der Waals surface area contributed by atoms with Crippen molar-refractivity contribution < 1.29 is 19.1 Å². The van der Waals surface area contributed by atoms with Crippen LogP contribution in [0.2, 0.25) is 0 Å². The third-order valence-corrected chi connectivity index (χ3v) is 4.26. The minimum absolute atomic E-state index is 0.0315. The maximum absolute atomic E-state index is 12.6. The average molecular weight is 324 g/mol. The number of nitrogens with one attached hydrogen (secondary N) is 1. The van der Waals surface area contributed by atoms with Crippen LogP contribution < -0.4 is 16.2 Å². The molecule has 0 radical (unpaired) electrons. The van der Waals surface area contributed by atoms with Gasteiger partial charge >= 0.3 is 11.9 Å². The Bertz CT molecular complexity index is 703. The molecule has 1 aromatic heterocycles. The zero-order valence-corrected chi connectivity index (χ0v) is 13.5. The van der Waals surface area contributed by atoms with Crippen LogP contribution in [0, 0.1) is 0 Å². The first-order valence-corrected chi connectivity index (χ1v) is 7.22. The lowest BCUT2D eigenvalue weighted by Crippen LogP contribution is -2.71. The SMILES string of the molecule is CCOC(=O)C1(C)c2c(cn[nH]c2=O)N(C)C1(N)C(=O)OCC. The van der Waals surface area contributed by atoms with Gasteiger partial charge in [0.15, 0.2) is 0 Å². The summed E-state index contributed by atoms with van der Waals surface area (Å²) in [5.41, 5.74) is 2.37. The minimum Gasteiger partial charge on any atom is -0.465 e. The summed E-state index contributed by atoms with van der Waals surface area (Å²) >= 11 is 0. The van der Waals surface area contributed by atoms with Gasteiger partial charge in [-0.3, -0.25) is 15.3 Å². The number of esters is 2. The quantitative estimate of drug-likeness (QED) is 0.693. The van der Waals surface area contributed by atoms with Gasteiger partial charge in [0.05, 0.1) is 30.7 Å². The smallest absolute Gasteiger partial charge is 0.348 e. The molecule has 2 atom stereocenters. The highest BCUT2D eigenvalue weighted by molar-refractivity contribution is 6.02. The molecular formula is C14H20N4O5. The predicted octanol–water partition coefficient (Wildman–Crippen LogP) is -0.741. The summed E-state index contributed by atoms with van der Waals surface area (Å²) in [5.74, 6) is -1.61. The number of rotatable bonds is 4. The molecule has 23 heavy (non-hydrogen) atoms. The van der Waals surface area contributed by atoms with Crippen molar-refractivity contribution in [2.75, 3.05) is 25.2 Å². The lowest BCUT2D eigenvalue weighted by Gasteiger charge is -2.40. The van der Waals surface area contributed by atoms with Crippen LogP contribution in [0.5, 0.6) is 0 Å². The highest BCUT2D eigenvalue weighted by atomic mass is 16.5. The Morgan fingerprint density at radius 3 is 2.43 bits per heavy atom. The second kappa shape index (κ2) is 5.65. The summed E-state index contributed by atoms with van der Waals surface area (Å²) in [5, 5.41) is 5.97. The molecule has 1 aliphatic rings. The molecular weight excluding hydrogens is 304 g/mol. The van der Waals surface area contributed by atoms with E-state index < -0.39 is 28.6 Å². The van der Waals surface area contributed by atoms with Crippen LogP contribution in [0.1, 0.15) is 26.3 Å². The number of fused-ring (bicyclic) bond motifs is 1. The van der Waals surface area contributed by atoms with Gasteiger partial charge in [0.2, 0.25) is 5.66 Å². The molecule has 0 saturated heterocycles. The summed E-state index contributed by atoms with van der Waals surface area (Å²) in [6.45, 7) is 4.81. The third-order valence-electron chi connectivity index (χ3n) is 4.26. The molecule has 0 amide bonds. The fourth-order valence-corrected chi connectivity index (χ4v) is 2.96. The van der Waals surface area contributed by atoms with Crippen LogP contribution >= 0.6 is 0 Å². The van der Waals surface area contributed by atoms with E-state index in [9.17, 15) is 14.4 Å². The lowest BCUT2D eigenvalue weighted by molar-refractivity contribution is -0.163. The summed E-state index contributed by atoms with van der Waals surface area (Å²) in [6, 6.07) is 0. The largest absolute Gasteiger partial charge is 0.465 e. The van der Waals surface area contributed by atoms with E-state index >= 15 is 0 Å². The minimum atomic E-state index is -1.92. The second-order valence-electron chi connectivity index (χ2n) is 5.35. The fourth-order valence-electron chi connectivity index (χ4n) is 2.96. The molecule has 0 bridgehead atoms. The normalized spacial score (nSPS) is 25.9. The van der Waals surface area contributed by atoms with Gasteiger partial charge in [-0.15, -0.1) is 0 Å². The zero-order valence-electron chi connectivity index (χ0n) is 13.5. The summed E-state index contributed by atoms with van der Waals surface area (Å²) < 4.78 is 10.1. The molecule has 2 unspecified atom stereocenters. The molecule has 2 heterocycles. The Labute approximate surface area is 132 Å². The van der Waals surface area contributed by atoms with Gasteiger partial charge in [0, 0.05) is 7.05 Å². The van der Waals surface area contributed by atoms with Gasteiger partial charge in [-0.25, -0.2) is 9.89 Å². The van der Waals surface area contributed by atoms with E-state index in [1.807, 2.05) is 0 Å². The number of likely N-dealkylation sites (N-methyl/N-ethyl adjacent to an activating group) is 1. The number of nitrogens with zero attached hydrogens (tertiary/aromatic N) is 2. The Kier molecular flexibility index (Phi) is 4.16. The third kappa shape index (κ3) is 2.03. The molecule has 0 aliphatic carbocycles. The number of anilines is 1. The van der Waals surface area contributed by atoms with Crippen LogP contribution in [-0.2, 0) is 24.5 Å². The average Bonchev–Trinajstić information content (AvgIpc) is 2.70. The van der Waals surface area contributed by atoms with Crippen LogP contribution in [-0.4, -0.2) is 48.1 Å². The predicted molar refractivity (Wildman–Crippen MR) is 80.8 cm³/mol. The van der Waals surface area contributed by atoms with Gasteiger partial charge < -0.3 is 14.4 Å². The number of hydrogen-bond donors (Lipinski definition) is 2. The molecule has 3 N–H and O–H groups in total. The summed E-state index contributed by atoms with van der Waals surface area (Å²) in [4.78, 5) is 38.8. The molecule has 9 heteroatoms. The highest BCUT2D eigenvalue weighted by Gasteiger charge is 2.68. The fraction of sp³-hybridized carbons (Fsp3) is 0.571. The molecule has 0 saturated carbocycles. The molecule has 9 nitrogen and oxygen atoms in total. The van der Waals surface area contributed by atoms with Crippen molar-refractivity contribution >= 4 is 17.6 Å². The second-order valence-corrected chi connectivity index (χ2v) is 5.35. The van der Waals surface area contributed by atoms with Crippen LogP contribution in [0.25, 0.3) is 0 Å². The van der Waals surface area contributed by atoms with Crippen molar-refractivity contribution in [1.82, 2.24) is 10.2 Å². The Balaban J connectivity index is 2.77. The number of hydrogen-bond acceptors (Lipinski definition) is 8. The molecule has 0 aromatic carbocycles. The first-order valence-electron chi connectivity index (χ1n) is 7.22. The number of carbonyl (C=O) groups is 2. The molecule has 2 rings (SSSR count). The molecule has 1 aromatic rings. The number of carbonyl (C=O) groups excluding carboxylic acids is 2. The van der Waals surface area contributed by atoms with Crippen LogP contribution in [0.4, 0.5) is 5.69 Å². The standard InChI is InChI=1S/C14H20N4O5/c1-5-22-11(20)13(3)9-8(7-16-17-10(9)19)18(4)14(13,15)12(21)23-6-2/h7H,5-6,15H2,1-4H3,(H,17,19). The Hall–Kier alpha value is -2.42. The summed E-state index contributed by atoms with van der Waals surface area (Å²) in [7, 11) is 1.50. The molecule has 0 fully saturated rings. The van der Waals surface area contributed by atoms with E-state index in [4.69, 9.17) is 15.2 Å². The first kappa shape index (κ1) is 16.9. The first-order chi connectivity index (χ1) is 10.8. The Morgan fingerprint density at radius 2 is 1.87 bits per heavy atom. The molecule has 0 spiro atoms. The summed E-state index contributed by atoms with van der Waals surface area (Å²) in [6.07, 6.45) is 1.34. The Morgan fingerprint density at radius 1 is 1.30 bits per heavy atom.